The van der Waals surface area contributed by atoms with E-state index >= 15 is 0 Å². The van der Waals surface area contributed by atoms with Gasteiger partial charge in [-0.3, -0.25) is 4.79 Å². The van der Waals surface area contributed by atoms with E-state index in [1.54, 1.807) is 0 Å². The highest BCUT2D eigenvalue weighted by Crippen LogP contribution is 2.00. The van der Waals surface area contributed by atoms with Crippen molar-refractivity contribution >= 4 is 5.97 Å². The predicted octanol–water partition coefficient (Wildman–Crippen LogP) is 1.47. The van der Waals surface area contributed by atoms with Crippen LogP contribution < -0.4 is 5.73 Å². The fourth-order valence-electron chi connectivity index (χ4n) is 1.08. The van der Waals surface area contributed by atoms with E-state index in [1.165, 1.54) is 0 Å². The molecule has 0 aromatic heterocycles. The zero-order chi connectivity index (χ0) is 11.7. The SMILES string of the molecule is CC(N)CCCC(=O)OCCOC(C)C. The lowest BCUT2D eigenvalue weighted by molar-refractivity contribution is -0.145. The summed E-state index contributed by atoms with van der Waals surface area (Å²) in [7, 11) is 0. The van der Waals surface area contributed by atoms with E-state index in [1.807, 2.05) is 20.8 Å². The Labute approximate surface area is 92.1 Å². The maximum atomic E-state index is 11.2. The Bertz CT molecular complexity index is 169. The molecule has 0 aromatic carbocycles. The number of ether oxygens (including phenoxy) is 2. The number of hydrogen-bond donors (Lipinski definition) is 1. The van der Waals surface area contributed by atoms with Crippen LogP contribution in [0.25, 0.3) is 0 Å². The zero-order valence-corrected chi connectivity index (χ0v) is 9.99. The van der Waals surface area contributed by atoms with E-state index in [0.717, 1.165) is 12.8 Å². The van der Waals surface area contributed by atoms with Crippen LogP contribution in [-0.4, -0.2) is 31.3 Å². The van der Waals surface area contributed by atoms with Crippen LogP contribution in [0.1, 0.15) is 40.0 Å². The van der Waals surface area contributed by atoms with E-state index in [9.17, 15) is 4.79 Å². The Morgan fingerprint density at radius 2 is 1.93 bits per heavy atom. The maximum absolute atomic E-state index is 11.2. The average molecular weight is 217 g/mol. The van der Waals surface area contributed by atoms with Gasteiger partial charge in [0.15, 0.2) is 0 Å². The highest BCUT2D eigenvalue weighted by molar-refractivity contribution is 5.69. The standard InChI is InChI=1S/C11H23NO3/c1-9(2)14-7-8-15-11(13)6-4-5-10(3)12/h9-10H,4-8,12H2,1-3H3. The molecular weight excluding hydrogens is 194 g/mol. The second-order valence-electron chi connectivity index (χ2n) is 4.01. The molecule has 4 nitrogen and oxygen atoms in total. The quantitative estimate of drug-likeness (QED) is 0.494. The number of esters is 1. The number of rotatable bonds is 8. The minimum Gasteiger partial charge on any atom is -0.463 e. The number of hydrogen-bond acceptors (Lipinski definition) is 4. The topological polar surface area (TPSA) is 61.6 Å². The molecule has 0 amide bonds. The van der Waals surface area contributed by atoms with E-state index in [-0.39, 0.29) is 18.1 Å². The monoisotopic (exact) mass is 217 g/mol. The van der Waals surface area contributed by atoms with Crippen LogP contribution in [0.3, 0.4) is 0 Å². The van der Waals surface area contributed by atoms with E-state index in [2.05, 4.69) is 0 Å². The summed E-state index contributed by atoms with van der Waals surface area (Å²) in [4.78, 5) is 11.2. The van der Waals surface area contributed by atoms with Gasteiger partial charge in [-0.25, -0.2) is 0 Å². The summed E-state index contributed by atoms with van der Waals surface area (Å²) in [5.74, 6) is -0.164. The first-order valence-electron chi connectivity index (χ1n) is 5.55. The Morgan fingerprint density at radius 3 is 2.47 bits per heavy atom. The first-order chi connectivity index (χ1) is 7.02. The van der Waals surface area contributed by atoms with Crippen molar-refractivity contribution in [3.63, 3.8) is 0 Å². The Balaban J connectivity index is 3.26. The molecule has 0 saturated heterocycles. The van der Waals surface area contributed by atoms with Crippen molar-refractivity contribution in [1.29, 1.82) is 0 Å². The molecule has 0 bridgehead atoms. The maximum Gasteiger partial charge on any atom is 0.305 e. The average Bonchev–Trinajstić information content (AvgIpc) is 2.11. The van der Waals surface area contributed by atoms with Crippen LogP contribution >= 0.6 is 0 Å². The normalized spacial score (nSPS) is 12.9. The fraction of sp³-hybridized carbons (Fsp3) is 0.909. The molecule has 90 valence electrons. The summed E-state index contributed by atoms with van der Waals surface area (Å²) < 4.78 is 10.2. The third kappa shape index (κ3) is 11.3. The molecule has 0 saturated carbocycles. The van der Waals surface area contributed by atoms with Crippen molar-refractivity contribution in [2.45, 2.75) is 52.2 Å². The number of carbonyl (C=O) groups excluding carboxylic acids is 1. The van der Waals surface area contributed by atoms with Crippen molar-refractivity contribution in [3.05, 3.63) is 0 Å². The molecule has 0 radical (unpaired) electrons. The van der Waals surface area contributed by atoms with Gasteiger partial charge in [0.25, 0.3) is 0 Å². The van der Waals surface area contributed by atoms with Gasteiger partial charge in [-0.2, -0.15) is 0 Å². The van der Waals surface area contributed by atoms with Crippen molar-refractivity contribution in [3.8, 4) is 0 Å². The van der Waals surface area contributed by atoms with Crippen molar-refractivity contribution < 1.29 is 14.3 Å². The molecule has 15 heavy (non-hydrogen) atoms. The van der Waals surface area contributed by atoms with E-state index in [4.69, 9.17) is 15.2 Å². The molecule has 2 N–H and O–H groups in total. The largest absolute Gasteiger partial charge is 0.463 e. The first-order valence-corrected chi connectivity index (χ1v) is 5.55. The van der Waals surface area contributed by atoms with Crippen LogP contribution in [-0.2, 0) is 14.3 Å². The molecule has 1 atom stereocenters. The Morgan fingerprint density at radius 1 is 1.27 bits per heavy atom. The lowest BCUT2D eigenvalue weighted by Gasteiger charge is -2.08. The van der Waals surface area contributed by atoms with Gasteiger partial charge in [0.1, 0.15) is 6.61 Å². The van der Waals surface area contributed by atoms with Gasteiger partial charge in [0.05, 0.1) is 12.7 Å². The van der Waals surface area contributed by atoms with E-state index < -0.39 is 0 Å². The van der Waals surface area contributed by atoms with Gasteiger partial charge in [-0.1, -0.05) is 0 Å². The molecule has 0 heterocycles. The molecule has 0 aliphatic heterocycles. The minimum absolute atomic E-state index is 0.155. The summed E-state index contributed by atoms with van der Waals surface area (Å²) in [6.45, 7) is 6.64. The molecule has 4 heteroatoms. The third-order valence-corrected chi connectivity index (χ3v) is 1.84. The summed E-state index contributed by atoms with van der Waals surface area (Å²) in [6.07, 6.45) is 2.28. The van der Waals surface area contributed by atoms with Crippen LogP contribution in [0.15, 0.2) is 0 Å². The summed E-state index contributed by atoms with van der Waals surface area (Å²) in [5, 5.41) is 0. The Kier molecular flexibility index (Phi) is 8.33. The van der Waals surface area contributed by atoms with Gasteiger partial charge in [0.2, 0.25) is 0 Å². The van der Waals surface area contributed by atoms with Crippen LogP contribution in [0.5, 0.6) is 0 Å². The molecule has 0 aliphatic carbocycles. The predicted molar refractivity (Wildman–Crippen MR) is 59.5 cm³/mol. The fourth-order valence-corrected chi connectivity index (χ4v) is 1.08. The molecule has 1 unspecified atom stereocenters. The van der Waals surface area contributed by atoms with Gasteiger partial charge < -0.3 is 15.2 Å². The van der Waals surface area contributed by atoms with Gasteiger partial charge in [-0.05, 0) is 33.6 Å². The summed E-state index contributed by atoms with van der Waals surface area (Å²) in [6, 6.07) is 0.155. The van der Waals surface area contributed by atoms with E-state index in [0.29, 0.717) is 19.6 Å². The summed E-state index contributed by atoms with van der Waals surface area (Å²) in [5.41, 5.74) is 5.56. The second kappa shape index (κ2) is 8.68. The lowest BCUT2D eigenvalue weighted by atomic mass is 10.1. The number of carbonyl (C=O) groups is 1. The molecule has 0 rings (SSSR count). The van der Waals surface area contributed by atoms with Crippen LogP contribution in [0.4, 0.5) is 0 Å². The lowest BCUT2D eigenvalue weighted by Crippen LogP contribution is -2.16. The molecule has 0 spiro atoms. The minimum atomic E-state index is -0.164. The van der Waals surface area contributed by atoms with Crippen molar-refractivity contribution in [1.82, 2.24) is 0 Å². The molecule has 0 aromatic rings. The van der Waals surface area contributed by atoms with Gasteiger partial charge >= 0.3 is 5.97 Å². The van der Waals surface area contributed by atoms with Gasteiger partial charge in [0, 0.05) is 12.5 Å². The first kappa shape index (κ1) is 14.4. The molecule has 0 aliphatic rings. The highest BCUT2D eigenvalue weighted by atomic mass is 16.6. The Hall–Kier alpha value is -0.610. The van der Waals surface area contributed by atoms with Crippen molar-refractivity contribution in [2.24, 2.45) is 5.73 Å². The van der Waals surface area contributed by atoms with Crippen LogP contribution in [0, 0.1) is 0 Å². The third-order valence-electron chi connectivity index (χ3n) is 1.84. The van der Waals surface area contributed by atoms with Crippen LogP contribution in [0.2, 0.25) is 0 Å². The zero-order valence-electron chi connectivity index (χ0n) is 9.99. The second-order valence-corrected chi connectivity index (χ2v) is 4.01. The number of nitrogens with two attached hydrogens (primary N) is 1. The van der Waals surface area contributed by atoms with Crippen molar-refractivity contribution in [2.75, 3.05) is 13.2 Å². The molecule has 0 fully saturated rings. The summed E-state index contributed by atoms with van der Waals surface area (Å²) >= 11 is 0. The smallest absolute Gasteiger partial charge is 0.305 e. The highest BCUT2D eigenvalue weighted by Gasteiger charge is 2.03. The molecular formula is C11H23NO3. The van der Waals surface area contributed by atoms with Gasteiger partial charge in [-0.15, -0.1) is 0 Å².